The first-order valence-corrected chi connectivity index (χ1v) is 9.00. The number of hydrogen-bond acceptors (Lipinski definition) is 4. The van der Waals surface area contributed by atoms with Crippen LogP contribution in [-0.2, 0) is 11.4 Å². The molecule has 1 unspecified atom stereocenters. The Morgan fingerprint density at radius 3 is 2.54 bits per heavy atom. The normalized spacial score (nSPS) is 11.6. The van der Waals surface area contributed by atoms with Crippen LogP contribution in [0.1, 0.15) is 55.8 Å². The second kappa shape index (κ2) is 10.3. The summed E-state index contributed by atoms with van der Waals surface area (Å²) in [4.78, 5) is 24.2. The van der Waals surface area contributed by atoms with Gasteiger partial charge in [-0.3, -0.25) is 20.4 Å². The highest BCUT2D eigenvalue weighted by atomic mass is 16.5. The molecule has 6 heteroatoms. The first-order chi connectivity index (χ1) is 12.6. The minimum atomic E-state index is -0.491. The Hall–Kier alpha value is -2.76. The highest BCUT2D eigenvalue weighted by Gasteiger charge is 2.18. The minimum absolute atomic E-state index is 0.0957. The zero-order chi connectivity index (χ0) is 18.8. The van der Waals surface area contributed by atoms with E-state index in [1.54, 1.807) is 12.1 Å². The number of amides is 2. The van der Waals surface area contributed by atoms with Crippen LogP contribution in [0.3, 0.4) is 0 Å². The predicted molar refractivity (Wildman–Crippen MR) is 98.4 cm³/mol. The maximum absolute atomic E-state index is 12.1. The molecule has 0 aliphatic rings. The first-order valence-electron chi connectivity index (χ1n) is 9.00. The molecule has 2 aromatic rings. The summed E-state index contributed by atoms with van der Waals surface area (Å²) in [6, 6.07) is 12.6. The SMILES string of the molecule is CCCCC(CC)C(=O)NNC(=O)c1ccc(COc2ccccc2)o1. The Balaban J connectivity index is 1.80. The van der Waals surface area contributed by atoms with E-state index in [4.69, 9.17) is 9.15 Å². The second-order valence-corrected chi connectivity index (χ2v) is 6.06. The van der Waals surface area contributed by atoms with Gasteiger partial charge in [0.25, 0.3) is 0 Å². The lowest BCUT2D eigenvalue weighted by Gasteiger charge is -2.14. The molecule has 1 aromatic carbocycles. The average molecular weight is 358 g/mol. The number of hydrogen-bond donors (Lipinski definition) is 2. The summed E-state index contributed by atoms with van der Waals surface area (Å²) in [5.74, 6) is 0.614. The third-order valence-electron chi connectivity index (χ3n) is 4.08. The first kappa shape index (κ1) is 19.6. The summed E-state index contributed by atoms with van der Waals surface area (Å²) >= 11 is 0. The van der Waals surface area contributed by atoms with Gasteiger partial charge in [0.2, 0.25) is 5.91 Å². The van der Waals surface area contributed by atoms with Crippen molar-refractivity contribution in [3.8, 4) is 5.75 Å². The van der Waals surface area contributed by atoms with Crippen LogP contribution < -0.4 is 15.6 Å². The molecule has 0 bridgehead atoms. The van der Waals surface area contributed by atoms with E-state index in [1.165, 1.54) is 0 Å². The minimum Gasteiger partial charge on any atom is -0.486 e. The molecule has 2 amide bonds. The van der Waals surface area contributed by atoms with E-state index < -0.39 is 5.91 Å². The molecule has 0 saturated carbocycles. The maximum atomic E-state index is 12.1. The van der Waals surface area contributed by atoms with Crippen molar-refractivity contribution in [3.63, 3.8) is 0 Å². The van der Waals surface area contributed by atoms with Gasteiger partial charge in [-0.05, 0) is 37.1 Å². The summed E-state index contributed by atoms with van der Waals surface area (Å²) in [6.07, 6.45) is 3.58. The van der Waals surface area contributed by atoms with Crippen LogP contribution in [0.25, 0.3) is 0 Å². The number of benzene rings is 1. The molecule has 0 spiro atoms. The van der Waals surface area contributed by atoms with E-state index in [9.17, 15) is 9.59 Å². The van der Waals surface area contributed by atoms with Crippen molar-refractivity contribution >= 4 is 11.8 Å². The van der Waals surface area contributed by atoms with Crippen molar-refractivity contribution in [3.05, 3.63) is 54.0 Å². The van der Waals surface area contributed by atoms with Crippen molar-refractivity contribution in [2.75, 3.05) is 0 Å². The van der Waals surface area contributed by atoms with E-state index in [0.29, 0.717) is 5.76 Å². The number of rotatable bonds is 9. The molecule has 1 atom stereocenters. The van der Waals surface area contributed by atoms with Crippen molar-refractivity contribution in [1.29, 1.82) is 0 Å². The van der Waals surface area contributed by atoms with Gasteiger partial charge in [0.15, 0.2) is 5.76 Å². The molecule has 0 fully saturated rings. The molecule has 1 heterocycles. The maximum Gasteiger partial charge on any atom is 0.305 e. The van der Waals surface area contributed by atoms with Gasteiger partial charge in [-0.25, -0.2) is 0 Å². The number of ether oxygens (including phenoxy) is 1. The lowest BCUT2D eigenvalue weighted by molar-refractivity contribution is -0.126. The van der Waals surface area contributed by atoms with E-state index in [-0.39, 0.29) is 24.2 Å². The van der Waals surface area contributed by atoms with Crippen molar-refractivity contribution in [2.24, 2.45) is 5.92 Å². The molecule has 6 nitrogen and oxygen atoms in total. The summed E-state index contributed by atoms with van der Waals surface area (Å²) in [5.41, 5.74) is 4.88. The number of carbonyl (C=O) groups is 2. The van der Waals surface area contributed by atoms with Crippen LogP contribution in [0.4, 0.5) is 0 Å². The fraction of sp³-hybridized carbons (Fsp3) is 0.400. The molecule has 2 rings (SSSR count). The van der Waals surface area contributed by atoms with Gasteiger partial charge < -0.3 is 9.15 Å². The molecule has 0 aliphatic carbocycles. The van der Waals surface area contributed by atoms with Crippen LogP contribution in [0, 0.1) is 5.92 Å². The zero-order valence-corrected chi connectivity index (χ0v) is 15.3. The quantitative estimate of drug-likeness (QED) is 0.668. The monoisotopic (exact) mass is 358 g/mol. The Kier molecular flexibility index (Phi) is 7.74. The third-order valence-corrected chi connectivity index (χ3v) is 4.08. The van der Waals surface area contributed by atoms with Crippen LogP contribution in [0.5, 0.6) is 5.75 Å². The van der Waals surface area contributed by atoms with Crippen LogP contribution in [-0.4, -0.2) is 11.8 Å². The van der Waals surface area contributed by atoms with E-state index in [1.807, 2.05) is 37.3 Å². The van der Waals surface area contributed by atoms with E-state index >= 15 is 0 Å². The lowest BCUT2D eigenvalue weighted by Crippen LogP contribution is -2.44. The second-order valence-electron chi connectivity index (χ2n) is 6.06. The molecule has 26 heavy (non-hydrogen) atoms. The fourth-order valence-electron chi connectivity index (χ4n) is 2.50. The van der Waals surface area contributed by atoms with E-state index in [0.717, 1.165) is 31.4 Å². The van der Waals surface area contributed by atoms with Gasteiger partial charge in [-0.1, -0.05) is 44.9 Å². The largest absolute Gasteiger partial charge is 0.486 e. The van der Waals surface area contributed by atoms with Crippen LogP contribution in [0.15, 0.2) is 46.9 Å². The summed E-state index contributed by atoms with van der Waals surface area (Å²) in [5, 5.41) is 0. The number of para-hydroxylation sites is 1. The van der Waals surface area contributed by atoms with Crippen LogP contribution >= 0.6 is 0 Å². The Bertz CT molecular complexity index is 697. The Morgan fingerprint density at radius 2 is 1.85 bits per heavy atom. The molecule has 0 saturated heterocycles. The fourth-order valence-corrected chi connectivity index (χ4v) is 2.50. The Labute approximate surface area is 153 Å². The summed E-state index contributed by atoms with van der Waals surface area (Å²) < 4.78 is 11.0. The van der Waals surface area contributed by atoms with Crippen LogP contribution in [0.2, 0.25) is 0 Å². The summed E-state index contributed by atoms with van der Waals surface area (Å²) in [7, 11) is 0. The molecular formula is C20H26N2O4. The highest BCUT2D eigenvalue weighted by Crippen LogP contribution is 2.14. The van der Waals surface area contributed by atoms with Gasteiger partial charge >= 0.3 is 5.91 Å². The third kappa shape index (κ3) is 5.95. The van der Waals surface area contributed by atoms with Gasteiger partial charge in [0.05, 0.1) is 0 Å². The number of hydrazine groups is 1. The zero-order valence-electron chi connectivity index (χ0n) is 15.3. The molecule has 2 N–H and O–H groups in total. The molecule has 0 radical (unpaired) electrons. The summed E-state index contributed by atoms with van der Waals surface area (Å²) in [6.45, 7) is 4.27. The van der Waals surface area contributed by atoms with E-state index in [2.05, 4.69) is 17.8 Å². The highest BCUT2D eigenvalue weighted by molar-refractivity contribution is 5.93. The Morgan fingerprint density at radius 1 is 1.08 bits per heavy atom. The van der Waals surface area contributed by atoms with Crippen molar-refractivity contribution in [2.45, 2.75) is 46.1 Å². The number of unbranched alkanes of at least 4 members (excludes halogenated alkanes) is 1. The van der Waals surface area contributed by atoms with Crippen molar-refractivity contribution < 1.29 is 18.7 Å². The molecule has 140 valence electrons. The van der Waals surface area contributed by atoms with Gasteiger partial charge in [0, 0.05) is 5.92 Å². The smallest absolute Gasteiger partial charge is 0.305 e. The number of furan rings is 1. The lowest BCUT2D eigenvalue weighted by atomic mass is 9.99. The van der Waals surface area contributed by atoms with Crippen molar-refractivity contribution in [1.82, 2.24) is 10.9 Å². The number of nitrogens with one attached hydrogen (secondary N) is 2. The number of carbonyl (C=O) groups excluding carboxylic acids is 2. The van der Waals surface area contributed by atoms with Gasteiger partial charge in [0.1, 0.15) is 18.1 Å². The molecular weight excluding hydrogens is 332 g/mol. The molecule has 1 aromatic heterocycles. The molecule has 0 aliphatic heterocycles. The van der Waals surface area contributed by atoms with Gasteiger partial charge in [-0.2, -0.15) is 0 Å². The predicted octanol–water partition coefficient (Wildman–Crippen LogP) is 3.84. The van der Waals surface area contributed by atoms with Gasteiger partial charge in [-0.15, -0.1) is 0 Å². The topological polar surface area (TPSA) is 80.6 Å². The average Bonchev–Trinajstić information content (AvgIpc) is 3.15. The standard InChI is InChI=1S/C20H26N2O4/c1-3-5-9-15(4-2)19(23)21-22-20(24)18-13-12-17(26-18)14-25-16-10-7-6-8-11-16/h6-8,10-13,15H,3-5,9,14H2,1-2H3,(H,21,23)(H,22,24).